The summed E-state index contributed by atoms with van der Waals surface area (Å²) in [6, 6.07) is 4.55. The van der Waals surface area contributed by atoms with E-state index in [1.165, 1.54) is 6.07 Å². The van der Waals surface area contributed by atoms with Gasteiger partial charge in [-0.1, -0.05) is 13.8 Å². The number of nitrogens with one attached hydrogen (secondary N) is 1. The monoisotopic (exact) mass is 315 g/mol. The minimum Gasteiger partial charge on any atom is -0.508 e. The maximum atomic E-state index is 12.3. The summed E-state index contributed by atoms with van der Waals surface area (Å²) in [6.45, 7) is 5.89. The molecule has 1 aromatic carbocycles. The van der Waals surface area contributed by atoms with E-state index in [2.05, 4.69) is 14.9 Å². The molecule has 0 spiro atoms. The van der Waals surface area contributed by atoms with Crippen LogP contribution in [-0.4, -0.2) is 31.6 Å². The lowest BCUT2D eigenvalue weighted by atomic mass is 10.0. The predicted octanol–water partition coefficient (Wildman–Crippen LogP) is 1.86. The molecule has 0 aliphatic carbocycles. The van der Waals surface area contributed by atoms with E-state index < -0.39 is 0 Å². The Bertz CT molecular complexity index is 763. The van der Waals surface area contributed by atoms with Crippen LogP contribution >= 0.6 is 0 Å². The molecule has 1 aliphatic heterocycles. The summed E-state index contributed by atoms with van der Waals surface area (Å²) in [5.74, 6) is 1.01. The van der Waals surface area contributed by atoms with Crippen molar-refractivity contribution in [2.24, 2.45) is 0 Å². The zero-order valence-corrected chi connectivity index (χ0v) is 13.3. The number of aromatic hydroxyl groups is 2. The number of nitrogens with zero attached hydrogens (tertiary/aromatic N) is 2. The lowest BCUT2D eigenvalue weighted by Gasteiger charge is -2.28. The highest BCUT2D eigenvalue weighted by Gasteiger charge is 2.22. The lowest BCUT2D eigenvalue weighted by Crippen LogP contribution is -2.35. The van der Waals surface area contributed by atoms with Gasteiger partial charge in [0.05, 0.1) is 11.3 Å². The largest absolute Gasteiger partial charge is 0.508 e. The van der Waals surface area contributed by atoms with Crippen LogP contribution in [0.3, 0.4) is 0 Å². The van der Waals surface area contributed by atoms with E-state index in [4.69, 9.17) is 0 Å². The number of fused-ring (bicyclic) bond motifs is 1. The van der Waals surface area contributed by atoms with Crippen molar-refractivity contribution in [1.29, 1.82) is 0 Å². The molecule has 0 unspecified atom stereocenters. The topological polar surface area (TPSA) is 89.5 Å². The summed E-state index contributed by atoms with van der Waals surface area (Å²) in [6.07, 6.45) is 0.726. The molecule has 1 aromatic heterocycles. The number of benzene rings is 1. The zero-order valence-electron chi connectivity index (χ0n) is 13.3. The van der Waals surface area contributed by atoms with Gasteiger partial charge in [-0.15, -0.1) is 0 Å². The van der Waals surface area contributed by atoms with Crippen LogP contribution in [0.4, 0.5) is 0 Å². The Labute approximate surface area is 134 Å². The number of aromatic nitrogens is 2. The van der Waals surface area contributed by atoms with Crippen molar-refractivity contribution < 1.29 is 10.2 Å². The Balaban J connectivity index is 1.81. The first-order valence-electron chi connectivity index (χ1n) is 7.78. The second-order valence-corrected chi connectivity index (χ2v) is 6.35. The first-order chi connectivity index (χ1) is 10.9. The highest BCUT2D eigenvalue weighted by Crippen LogP contribution is 2.23. The molecule has 0 saturated carbocycles. The SMILES string of the molecule is CC(C)c1nc2c(c(=O)[nH]1)CN(Cc1cc(O)cc(O)c1)CC2. The molecule has 6 nitrogen and oxygen atoms in total. The van der Waals surface area contributed by atoms with Crippen molar-refractivity contribution in [3.63, 3.8) is 0 Å². The van der Waals surface area contributed by atoms with Gasteiger partial charge in [-0.05, 0) is 17.7 Å². The fourth-order valence-electron chi connectivity index (χ4n) is 2.91. The summed E-state index contributed by atoms with van der Waals surface area (Å²) in [5, 5.41) is 19.1. The number of hydrogen-bond acceptors (Lipinski definition) is 5. The maximum absolute atomic E-state index is 12.3. The molecule has 6 heteroatoms. The van der Waals surface area contributed by atoms with Gasteiger partial charge in [-0.25, -0.2) is 4.98 Å². The third-order valence-electron chi connectivity index (χ3n) is 4.08. The smallest absolute Gasteiger partial charge is 0.255 e. The van der Waals surface area contributed by atoms with E-state index >= 15 is 0 Å². The number of rotatable bonds is 3. The van der Waals surface area contributed by atoms with Gasteiger partial charge in [0.2, 0.25) is 0 Å². The Kier molecular flexibility index (Phi) is 4.09. The quantitative estimate of drug-likeness (QED) is 0.804. The van der Waals surface area contributed by atoms with Crippen molar-refractivity contribution in [3.8, 4) is 11.5 Å². The first kappa shape index (κ1) is 15.6. The number of phenolic OH excluding ortho intramolecular Hbond substituents is 2. The molecule has 0 radical (unpaired) electrons. The van der Waals surface area contributed by atoms with Crippen molar-refractivity contribution in [1.82, 2.24) is 14.9 Å². The molecule has 0 amide bonds. The highest BCUT2D eigenvalue weighted by molar-refractivity contribution is 5.36. The van der Waals surface area contributed by atoms with Crippen LogP contribution in [0.2, 0.25) is 0 Å². The molecule has 3 N–H and O–H groups in total. The van der Waals surface area contributed by atoms with E-state index in [0.717, 1.165) is 30.0 Å². The van der Waals surface area contributed by atoms with Gasteiger partial charge in [0, 0.05) is 38.0 Å². The maximum Gasteiger partial charge on any atom is 0.255 e. The summed E-state index contributed by atoms with van der Waals surface area (Å²) in [7, 11) is 0. The summed E-state index contributed by atoms with van der Waals surface area (Å²) in [4.78, 5) is 21.9. The fraction of sp³-hybridized carbons (Fsp3) is 0.412. The van der Waals surface area contributed by atoms with Crippen molar-refractivity contribution in [2.75, 3.05) is 6.54 Å². The number of phenols is 2. The fourth-order valence-corrected chi connectivity index (χ4v) is 2.91. The average molecular weight is 315 g/mol. The van der Waals surface area contributed by atoms with Gasteiger partial charge in [-0.2, -0.15) is 0 Å². The molecule has 2 aromatic rings. The van der Waals surface area contributed by atoms with E-state index in [0.29, 0.717) is 18.7 Å². The van der Waals surface area contributed by atoms with Crippen LogP contribution < -0.4 is 5.56 Å². The Morgan fingerprint density at radius 2 is 1.96 bits per heavy atom. The molecule has 122 valence electrons. The highest BCUT2D eigenvalue weighted by atomic mass is 16.3. The minimum absolute atomic E-state index is 0.0403. The van der Waals surface area contributed by atoms with Crippen LogP contribution in [0.15, 0.2) is 23.0 Å². The van der Waals surface area contributed by atoms with Crippen molar-refractivity contribution in [2.45, 2.75) is 39.3 Å². The molecule has 0 saturated heterocycles. The first-order valence-corrected chi connectivity index (χ1v) is 7.78. The Morgan fingerprint density at radius 3 is 2.61 bits per heavy atom. The van der Waals surface area contributed by atoms with Crippen LogP contribution in [0.1, 0.15) is 42.4 Å². The third-order valence-corrected chi connectivity index (χ3v) is 4.08. The van der Waals surface area contributed by atoms with Gasteiger partial charge >= 0.3 is 0 Å². The molecule has 0 fully saturated rings. The van der Waals surface area contributed by atoms with Crippen molar-refractivity contribution in [3.05, 3.63) is 51.2 Å². The number of hydrogen-bond donors (Lipinski definition) is 3. The molecule has 0 atom stereocenters. The van der Waals surface area contributed by atoms with Crippen molar-refractivity contribution >= 4 is 0 Å². The van der Waals surface area contributed by atoms with Gasteiger partial charge in [0.1, 0.15) is 17.3 Å². The van der Waals surface area contributed by atoms with Crippen LogP contribution in [-0.2, 0) is 19.5 Å². The lowest BCUT2D eigenvalue weighted by molar-refractivity contribution is 0.240. The second-order valence-electron chi connectivity index (χ2n) is 6.35. The van der Waals surface area contributed by atoms with Gasteiger partial charge in [0.25, 0.3) is 5.56 Å². The summed E-state index contributed by atoms with van der Waals surface area (Å²) in [5.41, 5.74) is 2.34. The van der Waals surface area contributed by atoms with E-state index in [1.807, 2.05) is 13.8 Å². The van der Waals surface area contributed by atoms with Crippen LogP contribution in [0.5, 0.6) is 11.5 Å². The molecule has 0 bridgehead atoms. The zero-order chi connectivity index (χ0) is 16.6. The van der Waals surface area contributed by atoms with E-state index in [1.54, 1.807) is 12.1 Å². The minimum atomic E-state index is -0.0674. The predicted molar refractivity (Wildman–Crippen MR) is 86.5 cm³/mol. The standard InChI is InChI=1S/C17H21N3O3/c1-10(2)16-18-15-3-4-20(9-14(15)17(23)19-16)8-11-5-12(21)7-13(22)6-11/h5-7,10,21-22H,3-4,8-9H2,1-2H3,(H,18,19,23). The molecule has 2 heterocycles. The molecule has 23 heavy (non-hydrogen) atoms. The number of H-pyrrole nitrogens is 1. The Morgan fingerprint density at radius 1 is 1.26 bits per heavy atom. The third kappa shape index (κ3) is 3.37. The average Bonchev–Trinajstić information content (AvgIpc) is 2.46. The normalized spacial score (nSPS) is 14.9. The van der Waals surface area contributed by atoms with Crippen LogP contribution in [0, 0.1) is 0 Å². The number of aromatic amines is 1. The second kappa shape index (κ2) is 6.04. The van der Waals surface area contributed by atoms with Crippen LogP contribution in [0.25, 0.3) is 0 Å². The Hall–Kier alpha value is -2.34. The van der Waals surface area contributed by atoms with Gasteiger partial charge in [0.15, 0.2) is 0 Å². The van der Waals surface area contributed by atoms with Gasteiger partial charge < -0.3 is 15.2 Å². The molecule has 3 rings (SSSR count). The van der Waals surface area contributed by atoms with Gasteiger partial charge in [-0.3, -0.25) is 9.69 Å². The summed E-state index contributed by atoms with van der Waals surface area (Å²) >= 11 is 0. The van der Waals surface area contributed by atoms with E-state index in [9.17, 15) is 15.0 Å². The molecular formula is C17H21N3O3. The molecular weight excluding hydrogens is 294 g/mol. The summed E-state index contributed by atoms with van der Waals surface area (Å²) < 4.78 is 0. The molecule has 1 aliphatic rings. The van der Waals surface area contributed by atoms with E-state index in [-0.39, 0.29) is 23.0 Å².